The Hall–Kier alpha value is -3.19. The van der Waals surface area contributed by atoms with Gasteiger partial charge in [0.2, 0.25) is 11.8 Å². The molecule has 6 nitrogen and oxygen atoms in total. The van der Waals surface area contributed by atoms with Crippen LogP contribution < -0.4 is 10.6 Å². The largest absolute Gasteiger partial charge is 0.361 e. The molecule has 4 atom stereocenters. The van der Waals surface area contributed by atoms with Crippen LogP contribution >= 0.6 is 15.9 Å². The number of aryl methyl sites for hydroxylation is 1. The van der Waals surface area contributed by atoms with E-state index in [2.05, 4.69) is 43.9 Å². The number of halogens is 1. The van der Waals surface area contributed by atoms with Crippen LogP contribution in [0.2, 0.25) is 0 Å². The van der Waals surface area contributed by atoms with Crippen molar-refractivity contribution < 1.29 is 14.1 Å². The zero-order valence-corrected chi connectivity index (χ0v) is 20.9. The predicted molar refractivity (Wildman–Crippen MR) is 136 cm³/mol. The van der Waals surface area contributed by atoms with E-state index in [9.17, 15) is 9.59 Å². The summed E-state index contributed by atoms with van der Waals surface area (Å²) in [6.07, 6.45) is 6.49. The zero-order chi connectivity index (χ0) is 24.2. The number of nitrogens with one attached hydrogen (secondary N) is 2. The maximum atomic E-state index is 13.6. The molecule has 0 radical (unpaired) electrons. The number of benzene rings is 2. The molecule has 3 aliphatic rings. The minimum absolute atomic E-state index is 0.0754. The first-order valence-electron chi connectivity index (χ1n) is 12.0. The van der Waals surface area contributed by atoms with Gasteiger partial charge in [-0.05, 0) is 61.3 Å². The smallest absolute Gasteiger partial charge is 0.228 e. The lowest BCUT2D eigenvalue weighted by molar-refractivity contribution is -0.133. The quantitative estimate of drug-likeness (QED) is 0.411. The summed E-state index contributed by atoms with van der Waals surface area (Å²) < 4.78 is 6.40. The molecule has 3 aliphatic carbocycles. The van der Waals surface area contributed by atoms with Gasteiger partial charge in [-0.2, -0.15) is 0 Å². The minimum atomic E-state index is -0.386. The number of carbonyl (C=O) groups is 2. The first-order chi connectivity index (χ1) is 17.0. The highest BCUT2D eigenvalue weighted by molar-refractivity contribution is 9.10. The molecule has 0 saturated heterocycles. The summed E-state index contributed by atoms with van der Waals surface area (Å²) >= 11 is 3.43. The second kappa shape index (κ2) is 8.48. The van der Waals surface area contributed by atoms with Crippen LogP contribution in [0.15, 0.2) is 75.7 Å². The molecular formula is C28H26BrN3O3. The molecule has 2 bridgehead atoms. The SMILES string of the molecule is Cc1onc(-c2ccccc2)c1CNC(=O)[C@H]1[C@H](C(=O)Nc2ccc(Br)cc2)[C@@H]2C=C[C@H]1C21CC1. The Balaban J connectivity index is 1.23. The van der Waals surface area contributed by atoms with Crippen molar-refractivity contribution in [3.8, 4) is 11.3 Å². The van der Waals surface area contributed by atoms with Crippen LogP contribution in [0.1, 0.15) is 24.2 Å². The molecule has 2 N–H and O–H groups in total. The van der Waals surface area contributed by atoms with Crippen molar-refractivity contribution >= 4 is 33.4 Å². The average molecular weight is 532 g/mol. The Labute approximate surface area is 212 Å². The fraction of sp³-hybridized carbons (Fsp3) is 0.321. The van der Waals surface area contributed by atoms with Gasteiger partial charge in [0.15, 0.2) is 0 Å². The Morgan fingerprint density at radius 3 is 2.31 bits per heavy atom. The Morgan fingerprint density at radius 1 is 1.00 bits per heavy atom. The van der Waals surface area contributed by atoms with Crippen molar-refractivity contribution in [2.24, 2.45) is 29.1 Å². The standard InChI is InChI=1S/C28H26BrN3O3/c1-16-20(25(32-35-16)17-5-3-2-4-6-17)15-30-26(33)23-21-11-12-22(28(21)13-14-28)24(23)27(34)31-19-9-7-18(29)8-10-19/h2-12,21-24H,13-15H2,1H3,(H,30,33)(H,31,34)/t21-,22+,23-,24-/m1/s1. The van der Waals surface area contributed by atoms with E-state index < -0.39 is 0 Å². The number of rotatable bonds is 6. The second-order valence-electron chi connectivity index (χ2n) is 9.87. The van der Waals surface area contributed by atoms with Gasteiger partial charge in [-0.3, -0.25) is 9.59 Å². The number of anilines is 1. The molecular weight excluding hydrogens is 506 g/mol. The molecule has 1 aromatic heterocycles. The lowest BCUT2D eigenvalue weighted by Crippen LogP contribution is -2.41. The van der Waals surface area contributed by atoms with Crippen LogP contribution in [-0.4, -0.2) is 17.0 Å². The van der Waals surface area contributed by atoms with E-state index in [4.69, 9.17) is 4.52 Å². The van der Waals surface area contributed by atoms with Crippen molar-refractivity contribution in [3.05, 3.63) is 82.5 Å². The number of nitrogens with zero attached hydrogens (tertiary/aromatic N) is 1. The van der Waals surface area contributed by atoms with E-state index in [1.54, 1.807) is 0 Å². The summed E-state index contributed by atoms with van der Waals surface area (Å²) in [7, 11) is 0. The van der Waals surface area contributed by atoms with Gasteiger partial charge < -0.3 is 15.2 Å². The highest BCUT2D eigenvalue weighted by Gasteiger charge is 2.69. The van der Waals surface area contributed by atoms with E-state index in [0.717, 1.165) is 39.8 Å². The average Bonchev–Trinajstić information content (AvgIpc) is 3.39. The summed E-state index contributed by atoms with van der Waals surface area (Å²) in [6.45, 7) is 2.17. The minimum Gasteiger partial charge on any atom is -0.361 e. The Kier molecular flexibility index (Phi) is 5.40. The molecule has 178 valence electrons. The van der Waals surface area contributed by atoms with E-state index in [-0.39, 0.29) is 40.9 Å². The molecule has 2 amide bonds. The van der Waals surface area contributed by atoms with Gasteiger partial charge in [-0.25, -0.2) is 0 Å². The Morgan fingerprint density at radius 2 is 1.66 bits per heavy atom. The second-order valence-corrected chi connectivity index (χ2v) is 10.8. The van der Waals surface area contributed by atoms with Crippen molar-refractivity contribution in [3.63, 3.8) is 0 Å². The molecule has 2 aromatic carbocycles. The molecule has 1 heterocycles. The van der Waals surface area contributed by atoms with Gasteiger partial charge in [-0.15, -0.1) is 0 Å². The third-order valence-electron chi connectivity index (χ3n) is 8.03. The zero-order valence-electron chi connectivity index (χ0n) is 19.3. The third-order valence-corrected chi connectivity index (χ3v) is 8.56. The first kappa shape index (κ1) is 22.3. The molecule has 0 unspecified atom stereocenters. The lowest BCUT2D eigenvalue weighted by Gasteiger charge is -2.26. The molecule has 6 rings (SSSR count). The number of hydrogen-bond acceptors (Lipinski definition) is 4. The van der Waals surface area contributed by atoms with E-state index in [1.807, 2.05) is 61.5 Å². The molecule has 2 fully saturated rings. The van der Waals surface area contributed by atoms with Crippen LogP contribution in [0.4, 0.5) is 5.69 Å². The predicted octanol–water partition coefficient (Wildman–Crippen LogP) is 5.50. The number of hydrogen-bond donors (Lipinski definition) is 2. The molecule has 3 aromatic rings. The third kappa shape index (κ3) is 3.73. The van der Waals surface area contributed by atoms with Gasteiger partial charge in [0, 0.05) is 27.8 Å². The van der Waals surface area contributed by atoms with Crippen molar-refractivity contribution in [1.29, 1.82) is 0 Å². The van der Waals surface area contributed by atoms with Crippen molar-refractivity contribution in [1.82, 2.24) is 10.5 Å². The van der Waals surface area contributed by atoms with Gasteiger partial charge in [0.25, 0.3) is 0 Å². The van der Waals surface area contributed by atoms with E-state index >= 15 is 0 Å². The summed E-state index contributed by atoms with van der Waals surface area (Å²) in [5, 5.41) is 10.4. The normalized spacial score (nSPS) is 25.1. The fourth-order valence-corrected chi connectivity index (χ4v) is 6.45. The van der Waals surface area contributed by atoms with Crippen LogP contribution in [0.25, 0.3) is 11.3 Å². The maximum Gasteiger partial charge on any atom is 0.228 e. The summed E-state index contributed by atoms with van der Waals surface area (Å²) in [5.74, 6) is -0.0385. The van der Waals surface area contributed by atoms with Crippen LogP contribution in [-0.2, 0) is 16.1 Å². The summed E-state index contributed by atoms with van der Waals surface area (Å²) in [5.41, 5.74) is 3.35. The summed E-state index contributed by atoms with van der Waals surface area (Å²) in [4.78, 5) is 27.1. The topological polar surface area (TPSA) is 84.2 Å². The van der Waals surface area contributed by atoms with Gasteiger partial charge in [0.1, 0.15) is 11.5 Å². The number of aromatic nitrogens is 1. The van der Waals surface area contributed by atoms with Gasteiger partial charge in [-0.1, -0.05) is 63.6 Å². The van der Waals surface area contributed by atoms with Gasteiger partial charge >= 0.3 is 0 Å². The highest BCUT2D eigenvalue weighted by Crippen LogP contribution is 2.72. The molecule has 0 aliphatic heterocycles. The first-order valence-corrected chi connectivity index (χ1v) is 12.8. The van der Waals surface area contributed by atoms with E-state index in [1.165, 1.54) is 0 Å². The molecule has 1 spiro atoms. The van der Waals surface area contributed by atoms with Crippen LogP contribution in [0, 0.1) is 36.0 Å². The van der Waals surface area contributed by atoms with Crippen LogP contribution in [0.3, 0.4) is 0 Å². The fourth-order valence-electron chi connectivity index (χ4n) is 6.18. The number of amides is 2. The monoisotopic (exact) mass is 531 g/mol. The summed E-state index contributed by atoms with van der Waals surface area (Å²) in [6, 6.07) is 17.3. The lowest BCUT2D eigenvalue weighted by atomic mass is 9.81. The van der Waals surface area contributed by atoms with E-state index in [0.29, 0.717) is 12.3 Å². The maximum absolute atomic E-state index is 13.6. The number of allylic oxidation sites excluding steroid dienone is 2. The highest BCUT2D eigenvalue weighted by atomic mass is 79.9. The molecule has 35 heavy (non-hydrogen) atoms. The molecule has 2 saturated carbocycles. The molecule has 7 heteroatoms. The van der Waals surface area contributed by atoms with Crippen molar-refractivity contribution in [2.75, 3.05) is 5.32 Å². The van der Waals surface area contributed by atoms with Crippen LogP contribution in [0.5, 0.6) is 0 Å². The Bertz CT molecular complexity index is 1310. The van der Waals surface area contributed by atoms with Crippen molar-refractivity contribution in [2.45, 2.75) is 26.3 Å². The number of carbonyl (C=O) groups excluding carboxylic acids is 2. The van der Waals surface area contributed by atoms with Gasteiger partial charge in [0.05, 0.1) is 11.8 Å².